The third-order valence-electron chi connectivity index (χ3n) is 2.36. The van der Waals surface area contributed by atoms with Crippen molar-refractivity contribution in [3.8, 4) is 5.75 Å². The Labute approximate surface area is 103 Å². The Morgan fingerprint density at radius 3 is 2.78 bits per heavy atom. The number of nitrogens with two attached hydrogens (primary N) is 1. The highest BCUT2D eigenvalue weighted by Crippen LogP contribution is 2.24. The number of nitro benzene ring substituents is 1. The van der Waals surface area contributed by atoms with Crippen molar-refractivity contribution < 1.29 is 19.6 Å². The second kappa shape index (κ2) is 5.97. The van der Waals surface area contributed by atoms with Crippen molar-refractivity contribution >= 4 is 11.7 Å². The SMILES string of the molecule is Cc1ccc(OC(CCN)C(=O)O)cc1[N+](=O)[O-]. The summed E-state index contributed by atoms with van der Waals surface area (Å²) in [6.07, 6.45) is -0.964. The molecule has 0 aliphatic heterocycles. The van der Waals surface area contributed by atoms with Crippen LogP contribution in [0.25, 0.3) is 0 Å². The Morgan fingerprint density at radius 1 is 1.61 bits per heavy atom. The molecule has 7 nitrogen and oxygen atoms in total. The summed E-state index contributed by atoms with van der Waals surface area (Å²) in [6, 6.07) is 4.21. The molecule has 0 heterocycles. The highest BCUT2D eigenvalue weighted by Gasteiger charge is 2.20. The number of aryl methyl sites for hydroxylation is 1. The van der Waals surface area contributed by atoms with Crippen LogP contribution in [0.4, 0.5) is 5.69 Å². The first-order valence-corrected chi connectivity index (χ1v) is 5.30. The van der Waals surface area contributed by atoms with E-state index >= 15 is 0 Å². The van der Waals surface area contributed by atoms with Gasteiger partial charge in [0.25, 0.3) is 5.69 Å². The Hall–Kier alpha value is -2.15. The van der Waals surface area contributed by atoms with Crippen LogP contribution in [0.5, 0.6) is 5.75 Å². The molecule has 1 rings (SSSR count). The van der Waals surface area contributed by atoms with Gasteiger partial charge in [-0.15, -0.1) is 0 Å². The molecule has 1 unspecified atom stereocenters. The molecule has 1 aromatic rings. The van der Waals surface area contributed by atoms with Crippen LogP contribution in [-0.2, 0) is 4.79 Å². The lowest BCUT2D eigenvalue weighted by Gasteiger charge is -2.14. The molecule has 1 aromatic carbocycles. The molecule has 1 atom stereocenters. The summed E-state index contributed by atoms with van der Waals surface area (Å²) < 4.78 is 5.18. The van der Waals surface area contributed by atoms with Crippen molar-refractivity contribution in [3.05, 3.63) is 33.9 Å². The van der Waals surface area contributed by atoms with Gasteiger partial charge in [0, 0.05) is 12.0 Å². The average molecular weight is 254 g/mol. The van der Waals surface area contributed by atoms with Gasteiger partial charge in [0.2, 0.25) is 0 Å². The number of nitrogens with zero attached hydrogens (tertiary/aromatic N) is 1. The zero-order chi connectivity index (χ0) is 13.7. The number of aliphatic carboxylic acids is 1. The van der Waals surface area contributed by atoms with Gasteiger partial charge < -0.3 is 15.6 Å². The number of hydrogen-bond acceptors (Lipinski definition) is 5. The van der Waals surface area contributed by atoms with E-state index in [-0.39, 0.29) is 24.4 Å². The molecule has 7 heteroatoms. The van der Waals surface area contributed by atoms with Crippen LogP contribution >= 0.6 is 0 Å². The van der Waals surface area contributed by atoms with Gasteiger partial charge >= 0.3 is 5.97 Å². The van der Waals surface area contributed by atoms with Gasteiger partial charge in [-0.1, -0.05) is 0 Å². The number of carbonyl (C=O) groups is 1. The number of hydrogen-bond donors (Lipinski definition) is 2. The Kier molecular flexibility index (Phi) is 4.61. The standard InChI is InChI=1S/C11H14N2O5/c1-7-2-3-8(6-9(7)13(16)17)18-10(4-5-12)11(14)15/h2-3,6,10H,4-5,12H2,1H3,(H,14,15). The maximum absolute atomic E-state index is 10.9. The van der Waals surface area contributed by atoms with Crippen molar-refractivity contribution in [1.82, 2.24) is 0 Å². The summed E-state index contributed by atoms with van der Waals surface area (Å²) >= 11 is 0. The molecule has 0 aliphatic carbocycles. The first-order valence-electron chi connectivity index (χ1n) is 5.30. The summed E-state index contributed by atoms with van der Waals surface area (Å²) in [4.78, 5) is 21.1. The van der Waals surface area contributed by atoms with E-state index in [0.717, 1.165) is 0 Å². The van der Waals surface area contributed by atoms with Crippen molar-refractivity contribution in [1.29, 1.82) is 0 Å². The van der Waals surface area contributed by atoms with Crippen molar-refractivity contribution in [3.63, 3.8) is 0 Å². The predicted octanol–water partition coefficient (Wildman–Crippen LogP) is 1.08. The third-order valence-corrected chi connectivity index (χ3v) is 2.36. The minimum atomic E-state index is -1.15. The van der Waals surface area contributed by atoms with Crippen LogP contribution in [-0.4, -0.2) is 28.6 Å². The van der Waals surface area contributed by atoms with Crippen LogP contribution in [0, 0.1) is 17.0 Å². The van der Waals surface area contributed by atoms with Gasteiger partial charge in [0.15, 0.2) is 6.10 Å². The lowest BCUT2D eigenvalue weighted by atomic mass is 10.2. The maximum atomic E-state index is 10.9. The zero-order valence-corrected chi connectivity index (χ0v) is 9.83. The van der Waals surface area contributed by atoms with Crippen molar-refractivity contribution in [2.45, 2.75) is 19.4 Å². The minimum Gasteiger partial charge on any atom is -0.479 e. The fourth-order valence-corrected chi connectivity index (χ4v) is 1.41. The molecule has 0 saturated heterocycles. The van der Waals surface area contributed by atoms with Gasteiger partial charge in [-0.05, 0) is 25.6 Å². The molecule has 0 amide bonds. The molecule has 0 aliphatic rings. The smallest absolute Gasteiger partial charge is 0.344 e. The molecule has 0 fully saturated rings. The van der Waals surface area contributed by atoms with E-state index in [0.29, 0.717) is 5.56 Å². The summed E-state index contributed by atoms with van der Waals surface area (Å²) in [7, 11) is 0. The molecular weight excluding hydrogens is 240 g/mol. The van der Waals surface area contributed by atoms with Crippen LogP contribution in [0.15, 0.2) is 18.2 Å². The minimum absolute atomic E-state index is 0.107. The lowest BCUT2D eigenvalue weighted by molar-refractivity contribution is -0.385. The van der Waals surface area contributed by atoms with E-state index in [4.69, 9.17) is 15.6 Å². The molecule has 3 N–H and O–H groups in total. The van der Waals surface area contributed by atoms with Crippen LogP contribution < -0.4 is 10.5 Å². The summed E-state index contributed by atoms with van der Waals surface area (Å²) in [5, 5.41) is 19.6. The van der Waals surface area contributed by atoms with Gasteiger partial charge in [0.1, 0.15) is 5.75 Å². The normalized spacial score (nSPS) is 11.9. The monoisotopic (exact) mass is 254 g/mol. The maximum Gasteiger partial charge on any atom is 0.344 e. The fourth-order valence-electron chi connectivity index (χ4n) is 1.41. The molecule has 98 valence electrons. The van der Waals surface area contributed by atoms with Crippen molar-refractivity contribution in [2.24, 2.45) is 5.73 Å². The number of ether oxygens (including phenoxy) is 1. The van der Waals surface area contributed by atoms with Crippen LogP contribution in [0.1, 0.15) is 12.0 Å². The zero-order valence-electron chi connectivity index (χ0n) is 9.83. The van der Waals surface area contributed by atoms with Gasteiger partial charge in [-0.2, -0.15) is 0 Å². The van der Waals surface area contributed by atoms with E-state index in [9.17, 15) is 14.9 Å². The molecule has 0 aromatic heterocycles. The second-order valence-corrected chi connectivity index (χ2v) is 3.73. The van der Waals surface area contributed by atoms with Crippen LogP contribution in [0.2, 0.25) is 0 Å². The Bertz CT molecular complexity index is 461. The van der Waals surface area contributed by atoms with E-state index in [2.05, 4.69) is 0 Å². The van der Waals surface area contributed by atoms with E-state index in [1.54, 1.807) is 6.92 Å². The Morgan fingerprint density at radius 2 is 2.28 bits per heavy atom. The molecule has 0 radical (unpaired) electrons. The number of carboxylic acids is 1. The Balaban J connectivity index is 2.93. The van der Waals surface area contributed by atoms with Crippen molar-refractivity contribution in [2.75, 3.05) is 6.54 Å². The van der Waals surface area contributed by atoms with E-state index in [1.807, 2.05) is 0 Å². The summed E-state index contributed by atoms with van der Waals surface area (Å²) in [6.45, 7) is 1.75. The average Bonchev–Trinajstić information content (AvgIpc) is 2.30. The highest BCUT2D eigenvalue weighted by molar-refractivity contribution is 5.72. The molecule has 0 bridgehead atoms. The highest BCUT2D eigenvalue weighted by atomic mass is 16.6. The molecule has 0 spiro atoms. The van der Waals surface area contributed by atoms with E-state index < -0.39 is 17.0 Å². The largest absolute Gasteiger partial charge is 0.479 e. The van der Waals surface area contributed by atoms with Gasteiger partial charge in [-0.25, -0.2) is 4.79 Å². The third kappa shape index (κ3) is 3.42. The molecule has 18 heavy (non-hydrogen) atoms. The summed E-state index contributed by atoms with van der Waals surface area (Å²) in [5.41, 5.74) is 5.65. The lowest BCUT2D eigenvalue weighted by Crippen LogP contribution is -2.29. The first-order chi connectivity index (χ1) is 8.45. The number of nitro groups is 1. The van der Waals surface area contributed by atoms with Gasteiger partial charge in [-0.3, -0.25) is 10.1 Å². The quantitative estimate of drug-likeness (QED) is 0.579. The van der Waals surface area contributed by atoms with E-state index in [1.165, 1.54) is 18.2 Å². The summed E-state index contributed by atoms with van der Waals surface area (Å²) in [5.74, 6) is -1.00. The molecular formula is C11H14N2O5. The predicted molar refractivity (Wildman–Crippen MR) is 63.6 cm³/mol. The number of benzene rings is 1. The van der Waals surface area contributed by atoms with Crippen LogP contribution in [0.3, 0.4) is 0 Å². The fraction of sp³-hybridized carbons (Fsp3) is 0.364. The molecule has 0 saturated carbocycles. The second-order valence-electron chi connectivity index (χ2n) is 3.73. The van der Waals surface area contributed by atoms with Gasteiger partial charge in [0.05, 0.1) is 11.0 Å². The topological polar surface area (TPSA) is 116 Å². The number of rotatable bonds is 6. The first kappa shape index (κ1) is 13.9. The number of carboxylic acid groups (broad SMARTS) is 1.